The van der Waals surface area contributed by atoms with Gasteiger partial charge < -0.3 is 24.5 Å². The Kier molecular flexibility index (Phi) is 4.78. The number of benzene rings is 2. The van der Waals surface area contributed by atoms with Crippen molar-refractivity contribution in [3.63, 3.8) is 0 Å². The van der Waals surface area contributed by atoms with Crippen molar-refractivity contribution in [3.8, 4) is 17.2 Å². The van der Waals surface area contributed by atoms with E-state index in [9.17, 15) is 9.59 Å². The van der Waals surface area contributed by atoms with Gasteiger partial charge in [-0.05, 0) is 36.8 Å². The first-order valence-electron chi connectivity index (χ1n) is 10.2. The highest BCUT2D eigenvalue weighted by molar-refractivity contribution is 5.92. The molecule has 3 heterocycles. The van der Waals surface area contributed by atoms with E-state index in [4.69, 9.17) is 14.2 Å². The molecule has 2 aromatic carbocycles. The Bertz CT molecular complexity index is 1250. The number of aromatic amines is 1. The van der Waals surface area contributed by atoms with Crippen LogP contribution in [0.2, 0.25) is 0 Å². The maximum absolute atomic E-state index is 13.2. The lowest BCUT2D eigenvalue weighted by atomic mass is 10.0. The number of hydrogen-bond acceptors (Lipinski definition) is 6. The molecule has 0 bridgehead atoms. The average Bonchev–Trinajstić information content (AvgIpc) is 3.22. The molecular formula is C23H23N3O5. The lowest BCUT2D eigenvalue weighted by molar-refractivity contribution is -0.117. The SMILES string of the molecule is COc1cc(C)c2[nH]c3c(c(=O)c2c1)CN(CC(=O)Nc1ccc2c(c1)OCO2)CC3. The second kappa shape index (κ2) is 7.63. The monoisotopic (exact) mass is 421 g/mol. The van der Waals surface area contributed by atoms with Crippen LogP contribution in [0.3, 0.4) is 0 Å². The minimum Gasteiger partial charge on any atom is -0.497 e. The Morgan fingerprint density at radius 3 is 2.90 bits per heavy atom. The molecule has 0 saturated heterocycles. The second-order valence-corrected chi connectivity index (χ2v) is 7.85. The van der Waals surface area contributed by atoms with Gasteiger partial charge in [0, 0.05) is 47.9 Å². The van der Waals surface area contributed by atoms with Gasteiger partial charge in [-0.25, -0.2) is 0 Å². The number of anilines is 1. The van der Waals surface area contributed by atoms with Gasteiger partial charge in [-0.15, -0.1) is 0 Å². The van der Waals surface area contributed by atoms with Gasteiger partial charge in [-0.2, -0.15) is 0 Å². The van der Waals surface area contributed by atoms with Crippen molar-refractivity contribution >= 4 is 22.5 Å². The lowest BCUT2D eigenvalue weighted by Gasteiger charge is -2.28. The highest BCUT2D eigenvalue weighted by atomic mass is 16.7. The van der Waals surface area contributed by atoms with E-state index in [1.165, 1.54) is 0 Å². The molecule has 1 aromatic heterocycles. The molecule has 0 unspecified atom stereocenters. The Balaban J connectivity index is 1.34. The third kappa shape index (κ3) is 3.59. The third-order valence-corrected chi connectivity index (χ3v) is 5.79. The molecule has 0 aliphatic carbocycles. The molecule has 31 heavy (non-hydrogen) atoms. The maximum atomic E-state index is 13.2. The second-order valence-electron chi connectivity index (χ2n) is 7.85. The quantitative estimate of drug-likeness (QED) is 0.673. The molecular weight excluding hydrogens is 398 g/mol. The van der Waals surface area contributed by atoms with E-state index in [2.05, 4.69) is 10.3 Å². The fourth-order valence-corrected chi connectivity index (χ4v) is 4.21. The number of pyridine rings is 1. The summed E-state index contributed by atoms with van der Waals surface area (Å²) >= 11 is 0. The minimum atomic E-state index is -0.142. The number of nitrogens with zero attached hydrogens (tertiary/aromatic N) is 1. The highest BCUT2D eigenvalue weighted by Gasteiger charge is 2.23. The van der Waals surface area contributed by atoms with E-state index in [1.54, 1.807) is 31.4 Å². The number of aryl methyl sites for hydroxylation is 1. The molecule has 0 spiro atoms. The summed E-state index contributed by atoms with van der Waals surface area (Å²) in [6.45, 7) is 3.46. The molecule has 5 rings (SSSR count). The summed E-state index contributed by atoms with van der Waals surface area (Å²) in [6, 6.07) is 8.99. The zero-order chi connectivity index (χ0) is 21.5. The van der Waals surface area contributed by atoms with E-state index >= 15 is 0 Å². The first-order valence-corrected chi connectivity index (χ1v) is 10.2. The van der Waals surface area contributed by atoms with Crippen molar-refractivity contribution in [1.29, 1.82) is 0 Å². The number of methoxy groups -OCH3 is 1. The van der Waals surface area contributed by atoms with Crippen LogP contribution in [0.5, 0.6) is 17.2 Å². The largest absolute Gasteiger partial charge is 0.497 e. The topological polar surface area (TPSA) is 92.9 Å². The summed E-state index contributed by atoms with van der Waals surface area (Å²) in [5.74, 6) is 1.81. The summed E-state index contributed by atoms with van der Waals surface area (Å²) in [6.07, 6.45) is 0.684. The van der Waals surface area contributed by atoms with E-state index in [-0.39, 0.29) is 24.7 Å². The van der Waals surface area contributed by atoms with Crippen LogP contribution in [0.4, 0.5) is 5.69 Å². The van der Waals surface area contributed by atoms with Crippen LogP contribution in [0, 0.1) is 6.92 Å². The molecule has 160 valence electrons. The number of carbonyl (C=O) groups excluding carboxylic acids is 1. The van der Waals surface area contributed by atoms with Gasteiger partial charge in [0.25, 0.3) is 0 Å². The van der Waals surface area contributed by atoms with Crippen molar-refractivity contribution in [3.05, 3.63) is 57.4 Å². The summed E-state index contributed by atoms with van der Waals surface area (Å²) in [7, 11) is 1.59. The molecule has 8 nitrogen and oxygen atoms in total. The van der Waals surface area contributed by atoms with Gasteiger partial charge in [0.1, 0.15) is 5.75 Å². The van der Waals surface area contributed by atoms with Crippen LogP contribution in [0.1, 0.15) is 16.8 Å². The molecule has 0 radical (unpaired) electrons. The number of ether oxygens (including phenoxy) is 3. The van der Waals surface area contributed by atoms with E-state index < -0.39 is 0 Å². The van der Waals surface area contributed by atoms with Gasteiger partial charge in [0.2, 0.25) is 12.7 Å². The molecule has 0 atom stereocenters. The maximum Gasteiger partial charge on any atom is 0.238 e. The van der Waals surface area contributed by atoms with Crippen molar-refractivity contribution in [2.75, 3.05) is 32.3 Å². The normalized spacial score (nSPS) is 15.0. The van der Waals surface area contributed by atoms with Crippen LogP contribution in [0.15, 0.2) is 35.1 Å². The van der Waals surface area contributed by atoms with Crippen molar-refractivity contribution in [2.24, 2.45) is 0 Å². The molecule has 2 aliphatic rings. The van der Waals surface area contributed by atoms with Crippen molar-refractivity contribution in [2.45, 2.75) is 19.9 Å². The fraction of sp³-hybridized carbons (Fsp3) is 0.304. The predicted octanol–water partition coefficient (Wildman–Crippen LogP) is 2.57. The summed E-state index contributed by atoms with van der Waals surface area (Å²) < 4.78 is 16.0. The Hall–Kier alpha value is -3.52. The van der Waals surface area contributed by atoms with Gasteiger partial charge in [-0.3, -0.25) is 14.5 Å². The first kappa shape index (κ1) is 19.4. The van der Waals surface area contributed by atoms with E-state index in [1.807, 2.05) is 17.9 Å². The van der Waals surface area contributed by atoms with Crippen LogP contribution >= 0.6 is 0 Å². The van der Waals surface area contributed by atoms with E-state index in [0.717, 1.165) is 16.8 Å². The molecule has 8 heteroatoms. The lowest BCUT2D eigenvalue weighted by Crippen LogP contribution is -2.39. The number of amides is 1. The predicted molar refractivity (Wildman–Crippen MR) is 116 cm³/mol. The zero-order valence-electron chi connectivity index (χ0n) is 17.4. The average molecular weight is 421 g/mol. The number of fused-ring (bicyclic) bond motifs is 3. The molecule has 2 N–H and O–H groups in total. The molecule has 0 saturated carbocycles. The fourth-order valence-electron chi connectivity index (χ4n) is 4.21. The Labute approximate surface area is 178 Å². The van der Waals surface area contributed by atoms with Gasteiger partial charge >= 0.3 is 0 Å². The van der Waals surface area contributed by atoms with Crippen molar-refractivity contribution in [1.82, 2.24) is 9.88 Å². The third-order valence-electron chi connectivity index (χ3n) is 5.79. The standard InChI is InChI=1S/C23H23N3O5/c1-13-7-15(29-2)9-16-22(13)25-18-5-6-26(10-17(18)23(16)28)11-21(27)24-14-3-4-19-20(8-14)31-12-30-19/h3-4,7-9H,5-6,10-12H2,1-2H3,(H,24,27)(H,25,28). The highest BCUT2D eigenvalue weighted by Crippen LogP contribution is 2.34. The van der Waals surface area contributed by atoms with E-state index in [0.29, 0.717) is 53.4 Å². The van der Waals surface area contributed by atoms with Crippen molar-refractivity contribution < 1.29 is 19.0 Å². The van der Waals surface area contributed by atoms with Gasteiger partial charge in [0.05, 0.1) is 19.2 Å². The summed E-state index contributed by atoms with van der Waals surface area (Å²) in [5.41, 5.74) is 4.11. The number of H-pyrrole nitrogens is 1. The van der Waals surface area contributed by atoms with Gasteiger partial charge in [-0.1, -0.05) is 0 Å². The number of hydrogen-bond donors (Lipinski definition) is 2. The molecule has 0 fully saturated rings. The van der Waals surface area contributed by atoms with Crippen LogP contribution in [0.25, 0.3) is 10.9 Å². The summed E-state index contributed by atoms with van der Waals surface area (Å²) in [5, 5.41) is 3.50. The van der Waals surface area contributed by atoms with Crippen LogP contribution in [-0.2, 0) is 17.8 Å². The molecule has 1 amide bonds. The van der Waals surface area contributed by atoms with Crippen LogP contribution < -0.4 is 25.0 Å². The molecule has 3 aromatic rings. The zero-order valence-corrected chi connectivity index (χ0v) is 17.4. The van der Waals surface area contributed by atoms with Gasteiger partial charge in [0.15, 0.2) is 16.9 Å². The Morgan fingerprint density at radius 1 is 1.23 bits per heavy atom. The number of rotatable bonds is 4. The number of nitrogens with one attached hydrogen (secondary N) is 2. The Morgan fingerprint density at radius 2 is 2.06 bits per heavy atom. The summed E-state index contributed by atoms with van der Waals surface area (Å²) in [4.78, 5) is 31.2. The molecule has 2 aliphatic heterocycles. The number of carbonyl (C=O) groups is 1. The smallest absolute Gasteiger partial charge is 0.238 e. The van der Waals surface area contributed by atoms with Crippen LogP contribution in [-0.4, -0.2) is 42.8 Å². The number of aromatic nitrogens is 1. The first-order chi connectivity index (χ1) is 15.0. The minimum absolute atomic E-state index is 0.00775.